The van der Waals surface area contributed by atoms with Gasteiger partial charge in [0, 0.05) is 5.41 Å². The van der Waals surface area contributed by atoms with Crippen LogP contribution in [-0.2, 0) is 0 Å². The van der Waals surface area contributed by atoms with Gasteiger partial charge in [0.2, 0.25) is 0 Å². The van der Waals surface area contributed by atoms with Crippen LogP contribution in [0.1, 0.15) is 58.3 Å². The maximum atomic E-state index is 8.69. The summed E-state index contributed by atoms with van der Waals surface area (Å²) in [4.78, 5) is 0. The molecule has 1 fully saturated rings. The lowest BCUT2D eigenvalue weighted by Gasteiger charge is -2.37. The van der Waals surface area contributed by atoms with Crippen molar-refractivity contribution >= 4 is 0 Å². The molecule has 0 unspecified atom stereocenters. The molecule has 0 saturated heterocycles. The molecule has 0 aromatic heterocycles. The van der Waals surface area contributed by atoms with Crippen LogP contribution >= 0.6 is 0 Å². The summed E-state index contributed by atoms with van der Waals surface area (Å²) < 4.78 is 0. The molecule has 80 valence electrons. The molecule has 0 aromatic carbocycles. The Morgan fingerprint density at radius 1 is 1.21 bits per heavy atom. The number of unbranched alkanes of at least 4 members (excludes halogenated alkanes) is 3. The Morgan fingerprint density at radius 2 is 2.00 bits per heavy atom. The molecule has 1 nitrogen and oxygen atoms in total. The van der Waals surface area contributed by atoms with Crippen molar-refractivity contribution in [1.29, 1.82) is 0 Å². The first kappa shape index (κ1) is 11.6. The molecule has 1 saturated carbocycles. The van der Waals surface area contributed by atoms with Crippen molar-refractivity contribution in [2.24, 2.45) is 5.41 Å². The zero-order chi connectivity index (χ0) is 10.3. The summed E-state index contributed by atoms with van der Waals surface area (Å²) in [6.45, 7) is 2.27. The van der Waals surface area contributed by atoms with Crippen LogP contribution in [0.15, 0.2) is 0 Å². The SMILES string of the molecule is CCCCCCC1(C#CCO)CCC1. The number of aliphatic hydroxyl groups is 1. The molecule has 0 radical (unpaired) electrons. The van der Waals surface area contributed by atoms with E-state index >= 15 is 0 Å². The highest BCUT2D eigenvalue weighted by atomic mass is 16.2. The van der Waals surface area contributed by atoms with E-state index in [0.717, 1.165) is 0 Å². The van der Waals surface area contributed by atoms with E-state index in [4.69, 9.17) is 5.11 Å². The van der Waals surface area contributed by atoms with Gasteiger partial charge >= 0.3 is 0 Å². The minimum absolute atomic E-state index is 0.0245. The van der Waals surface area contributed by atoms with Crippen LogP contribution in [0.5, 0.6) is 0 Å². The molecule has 0 aromatic rings. The van der Waals surface area contributed by atoms with Crippen LogP contribution in [0.25, 0.3) is 0 Å². The largest absolute Gasteiger partial charge is 0.384 e. The summed E-state index contributed by atoms with van der Waals surface area (Å²) in [5, 5.41) is 8.69. The first-order chi connectivity index (χ1) is 6.83. The Kier molecular flexibility index (Phi) is 5.04. The van der Waals surface area contributed by atoms with Gasteiger partial charge in [0.1, 0.15) is 6.61 Å². The standard InChI is InChI=1S/C13H22O/c1-2-3-4-5-8-13(9-6-10-13)11-7-12-14/h14H,2-6,8-10,12H2,1H3. The quantitative estimate of drug-likeness (QED) is 0.526. The van der Waals surface area contributed by atoms with Crippen LogP contribution < -0.4 is 0 Å². The summed E-state index contributed by atoms with van der Waals surface area (Å²) in [6, 6.07) is 0. The Morgan fingerprint density at radius 3 is 2.50 bits per heavy atom. The molecule has 0 atom stereocenters. The number of hydrogen-bond acceptors (Lipinski definition) is 1. The van der Waals surface area contributed by atoms with Gasteiger partial charge in [-0.3, -0.25) is 0 Å². The monoisotopic (exact) mass is 194 g/mol. The number of rotatable bonds is 5. The summed E-state index contributed by atoms with van der Waals surface area (Å²) in [5.41, 5.74) is 0.302. The van der Waals surface area contributed by atoms with Gasteiger partial charge in [0.15, 0.2) is 0 Å². The van der Waals surface area contributed by atoms with E-state index in [-0.39, 0.29) is 6.61 Å². The second-order valence-electron chi connectivity index (χ2n) is 4.40. The van der Waals surface area contributed by atoms with Crippen LogP contribution in [0.2, 0.25) is 0 Å². The first-order valence-electron chi connectivity index (χ1n) is 5.94. The highest BCUT2D eigenvalue weighted by Gasteiger charge is 2.34. The highest BCUT2D eigenvalue weighted by molar-refractivity contribution is 5.15. The maximum Gasteiger partial charge on any atom is 0.104 e. The zero-order valence-corrected chi connectivity index (χ0v) is 9.31. The molecule has 1 rings (SSSR count). The fraction of sp³-hybridized carbons (Fsp3) is 0.846. The van der Waals surface area contributed by atoms with E-state index in [1.165, 1.54) is 51.4 Å². The van der Waals surface area contributed by atoms with Crippen LogP contribution in [0.3, 0.4) is 0 Å². The smallest absolute Gasteiger partial charge is 0.104 e. The second-order valence-corrected chi connectivity index (χ2v) is 4.40. The van der Waals surface area contributed by atoms with Gasteiger partial charge in [0.05, 0.1) is 0 Å². The first-order valence-corrected chi connectivity index (χ1v) is 5.94. The van der Waals surface area contributed by atoms with Crippen molar-refractivity contribution < 1.29 is 5.11 Å². The van der Waals surface area contributed by atoms with Gasteiger partial charge < -0.3 is 5.11 Å². The summed E-state index contributed by atoms with van der Waals surface area (Å²) in [7, 11) is 0. The molecule has 1 aliphatic carbocycles. The normalized spacial score (nSPS) is 18.1. The Hall–Kier alpha value is -0.480. The summed E-state index contributed by atoms with van der Waals surface area (Å²) in [6.07, 6.45) is 10.4. The number of hydrogen-bond donors (Lipinski definition) is 1. The lowest BCUT2D eigenvalue weighted by atomic mass is 9.66. The maximum absolute atomic E-state index is 8.69. The Bertz CT molecular complexity index is 205. The predicted molar refractivity (Wildman–Crippen MR) is 59.9 cm³/mol. The van der Waals surface area contributed by atoms with E-state index < -0.39 is 0 Å². The number of aliphatic hydroxyl groups excluding tert-OH is 1. The van der Waals surface area contributed by atoms with Crippen molar-refractivity contribution in [1.82, 2.24) is 0 Å². The van der Waals surface area contributed by atoms with Crippen molar-refractivity contribution in [2.75, 3.05) is 6.61 Å². The molecule has 14 heavy (non-hydrogen) atoms. The average molecular weight is 194 g/mol. The molecular weight excluding hydrogens is 172 g/mol. The van der Waals surface area contributed by atoms with Gasteiger partial charge in [-0.25, -0.2) is 0 Å². The second kappa shape index (κ2) is 6.09. The van der Waals surface area contributed by atoms with E-state index in [0.29, 0.717) is 5.41 Å². The van der Waals surface area contributed by atoms with Crippen molar-refractivity contribution in [3.8, 4) is 11.8 Å². The molecule has 0 aliphatic heterocycles. The van der Waals surface area contributed by atoms with E-state index in [1.54, 1.807) is 0 Å². The van der Waals surface area contributed by atoms with Crippen LogP contribution in [-0.4, -0.2) is 11.7 Å². The van der Waals surface area contributed by atoms with Gasteiger partial charge in [-0.2, -0.15) is 0 Å². The van der Waals surface area contributed by atoms with E-state index in [1.807, 2.05) is 0 Å². The highest BCUT2D eigenvalue weighted by Crippen LogP contribution is 2.44. The van der Waals surface area contributed by atoms with Crippen molar-refractivity contribution in [2.45, 2.75) is 58.3 Å². The van der Waals surface area contributed by atoms with Crippen molar-refractivity contribution in [3.05, 3.63) is 0 Å². The Balaban J connectivity index is 2.24. The third-order valence-electron chi connectivity index (χ3n) is 3.25. The van der Waals surface area contributed by atoms with Gasteiger partial charge in [-0.05, 0) is 19.3 Å². The summed E-state index contributed by atoms with van der Waals surface area (Å²) in [5.74, 6) is 6.10. The fourth-order valence-corrected chi connectivity index (χ4v) is 2.16. The molecule has 0 spiro atoms. The molecule has 1 aliphatic rings. The third kappa shape index (κ3) is 3.35. The van der Waals surface area contributed by atoms with Crippen LogP contribution in [0, 0.1) is 17.3 Å². The molecule has 1 N–H and O–H groups in total. The topological polar surface area (TPSA) is 20.2 Å². The average Bonchev–Trinajstić information content (AvgIpc) is 2.15. The molecule has 0 bridgehead atoms. The van der Waals surface area contributed by atoms with E-state index in [9.17, 15) is 0 Å². The van der Waals surface area contributed by atoms with Crippen molar-refractivity contribution in [3.63, 3.8) is 0 Å². The Labute approximate surface area is 87.9 Å². The minimum Gasteiger partial charge on any atom is -0.384 e. The van der Waals surface area contributed by atoms with Gasteiger partial charge in [-0.1, -0.05) is 50.9 Å². The van der Waals surface area contributed by atoms with E-state index in [2.05, 4.69) is 18.8 Å². The molecule has 1 heteroatoms. The predicted octanol–water partition coefficient (Wildman–Crippen LogP) is 3.12. The zero-order valence-electron chi connectivity index (χ0n) is 9.31. The molecule has 0 heterocycles. The molecule has 0 amide bonds. The minimum atomic E-state index is 0.0245. The summed E-state index contributed by atoms with van der Waals surface area (Å²) >= 11 is 0. The lowest BCUT2D eigenvalue weighted by molar-refractivity contribution is 0.194. The lowest BCUT2D eigenvalue weighted by Crippen LogP contribution is -2.27. The molecular formula is C13H22O. The third-order valence-corrected chi connectivity index (χ3v) is 3.25. The fourth-order valence-electron chi connectivity index (χ4n) is 2.16. The van der Waals surface area contributed by atoms with Gasteiger partial charge in [0.25, 0.3) is 0 Å². The van der Waals surface area contributed by atoms with Gasteiger partial charge in [-0.15, -0.1) is 0 Å². The van der Waals surface area contributed by atoms with Crippen LogP contribution in [0.4, 0.5) is 0 Å².